The molecule has 0 saturated carbocycles. The highest BCUT2D eigenvalue weighted by Gasteiger charge is 2.16. The van der Waals surface area contributed by atoms with Gasteiger partial charge in [0.25, 0.3) is 11.8 Å². The maximum Gasteiger partial charge on any atom is 0.276 e. The topological polar surface area (TPSA) is 88.7 Å². The van der Waals surface area contributed by atoms with E-state index < -0.39 is 11.8 Å². The molecule has 2 amide bonds. The van der Waals surface area contributed by atoms with E-state index in [9.17, 15) is 9.59 Å². The Labute approximate surface area is 197 Å². The number of aryl methyl sites for hydroxylation is 1. The van der Waals surface area contributed by atoms with Crippen LogP contribution in [0, 0.1) is 6.92 Å². The maximum atomic E-state index is 12.5. The molecule has 0 aliphatic heterocycles. The van der Waals surface area contributed by atoms with Gasteiger partial charge in [-0.15, -0.1) is 0 Å². The van der Waals surface area contributed by atoms with Gasteiger partial charge in [-0.2, -0.15) is 0 Å². The normalized spacial score (nSPS) is 10.3. The molecule has 160 valence electrons. The van der Waals surface area contributed by atoms with E-state index in [1.807, 2.05) is 32.9 Å². The number of ether oxygens (including phenoxy) is 2. The standard InChI is InChI=1S/C20H21Br2N3O4S/c1-11(2)29-17-7-4-13(21)9-15(17)19(27)23-20(30)25-24-18(26)10-28-14-5-6-16(22)12(3)8-14/h4-9,11H,10H2,1-3H3,(H,24,26)(H2,23,25,27,30). The van der Waals surface area contributed by atoms with Gasteiger partial charge in [-0.1, -0.05) is 31.9 Å². The van der Waals surface area contributed by atoms with E-state index in [1.165, 1.54) is 0 Å². The first kappa shape index (κ1) is 24.1. The molecule has 0 aromatic heterocycles. The summed E-state index contributed by atoms with van der Waals surface area (Å²) in [5.74, 6) is 0.0588. The fourth-order valence-corrected chi connectivity index (χ4v) is 3.01. The summed E-state index contributed by atoms with van der Waals surface area (Å²) in [7, 11) is 0. The van der Waals surface area contributed by atoms with Crippen LogP contribution in [0.3, 0.4) is 0 Å². The van der Waals surface area contributed by atoms with E-state index in [2.05, 4.69) is 48.0 Å². The number of thiocarbonyl (C=S) groups is 1. The summed E-state index contributed by atoms with van der Waals surface area (Å²) in [6, 6.07) is 10.5. The van der Waals surface area contributed by atoms with Crippen molar-refractivity contribution in [3.63, 3.8) is 0 Å². The van der Waals surface area contributed by atoms with Crippen LogP contribution in [0.1, 0.15) is 29.8 Å². The average Bonchev–Trinajstić information content (AvgIpc) is 2.68. The van der Waals surface area contributed by atoms with Crippen LogP contribution in [0.2, 0.25) is 0 Å². The summed E-state index contributed by atoms with van der Waals surface area (Å²) in [5, 5.41) is 2.43. The van der Waals surface area contributed by atoms with Crippen molar-refractivity contribution in [2.24, 2.45) is 0 Å². The summed E-state index contributed by atoms with van der Waals surface area (Å²) in [5.41, 5.74) is 6.15. The highest BCUT2D eigenvalue weighted by Crippen LogP contribution is 2.24. The van der Waals surface area contributed by atoms with Gasteiger partial charge in [0.05, 0.1) is 11.7 Å². The molecule has 2 aromatic rings. The molecule has 2 rings (SSSR count). The molecule has 0 spiro atoms. The fourth-order valence-electron chi connectivity index (χ4n) is 2.26. The van der Waals surface area contributed by atoms with Crippen LogP contribution in [0.4, 0.5) is 0 Å². The molecule has 0 aliphatic carbocycles. The first-order valence-electron chi connectivity index (χ1n) is 8.91. The number of hydrogen-bond donors (Lipinski definition) is 3. The number of nitrogens with one attached hydrogen (secondary N) is 3. The number of hydrazine groups is 1. The third-order valence-corrected chi connectivity index (χ3v) is 5.18. The van der Waals surface area contributed by atoms with Crippen LogP contribution in [0.15, 0.2) is 45.3 Å². The van der Waals surface area contributed by atoms with Crippen molar-refractivity contribution in [1.82, 2.24) is 16.2 Å². The van der Waals surface area contributed by atoms with Crippen LogP contribution in [-0.4, -0.2) is 29.6 Å². The molecule has 0 atom stereocenters. The number of halogens is 2. The second-order valence-electron chi connectivity index (χ2n) is 6.46. The second-order valence-corrected chi connectivity index (χ2v) is 8.64. The van der Waals surface area contributed by atoms with Crippen LogP contribution in [0.25, 0.3) is 0 Å². The Morgan fingerprint density at radius 3 is 2.50 bits per heavy atom. The van der Waals surface area contributed by atoms with Gasteiger partial charge in [-0.05, 0) is 75.0 Å². The highest BCUT2D eigenvalue weighted by molar-refractivity contribution is 9.10. The van der Waals surface area contributed by atoms with Gasteiger partial charge in [0.2, 0.25) is 0 Å². The lowest BCUT2D eigenvalue weighted by Crippen LogP contribution is -2.49. The predicted octanol–water partition coefficient (Wildman–Crippen LogP) is 4.02. The Morgan fingerprint density at radius 2 is 1.83 bits per heavy atom. The average molecular weight is 559 g/mol. The molecular formula is C20H21Br2N3O4S. The lowest BCUT2D eigenvalue weighted by atomic mass is 10.2. The Kier molecular flexibility index (Phi) is 9.07. The summed E-state index contributed by atoms with van der Waals surface area (Å²) < 4.78 is 12.8. The number of benzene rings is 2. The zero-order valence-corrected chi connectivity index (χ0v) is 20.5. The summed E-state index contributed by atoms with van der Waals surface area (Å²) in [6.45, 7) is 5.43. The minimum Gasteiger partial charge on any atom is -0.490 e. The smallest absolute Gasteiger partial charge is 0.276 e. The van der Waals surface area contributed by atoms with Crippen LogP contribution in [0.5, 0.6) is 11.5 Å². The zero-order valence-electron chi connectivity index (χ0n) is 16.5. The summed E-state index contributed by atoms with van der Waals surface area (Å²) in [6.07, 6.45) is -0.100. The minimum absolute atomic E-state index is 0.0664. The van der Waals surface area contributed by atoms with Gasteiger partial charge < -0.3 is 9.47 Å². The van der Waals surface area contributed by atoms with Gasteiger partial charge in [-0.3, -0.25) is 25.8 Å². The van der Waals surface area contributed by atoms with Gasteiger partial charge in [0.1, 0.15) is 11.5 Å². The van der Waals surface area contributed by atoms with Crippen LogP contribution >= 0.6 is 44.1 Å². The van der Waals surface area contributed by atoms with Crippen molar-refractivity contribution in [2.75, 3.05) is 6.61 Å². The Bertz CT molecular complexity index is 954. The van der Waals surface area contributed by atoms with Crippen molar-refractivity contribution in [3.05, 3.63) is 56.5 Å². The third-order valence-electron chi connectivity index (χ3n) is 3.59. The van der Waals surface area contributed by atoms with E-state index in [0.717, 1.165) is 14.5 Å². The number of rotatable bonds is 6. The lowest BCUT2D eigenvalue weighted by molar-refractivity contribution is -0.123. The van der Waals surface area contributed by atoms with E-state index in [1.54, 1.807) is 24.3 Å². The molecule has 30 heavy (non-hydrogen) atoms. The SMILES string of the molecule is Cc1cc(OCC(=O)NNC(=S)NC(=O)c2cc(Br)ccc2OC(C)C)ccc1Br. The third kappa shape index (κ3) is 7.58. The van der Waals surface area contributed by atoms with Crippen molar-refractivity contribution >= 4 is 61.0 Å². The predicted molar refractivity (Wildman–Crippen MR) is 126 cm³/mol. The van der Waals surface area contributed by atoms with E-state index in [4.69, 9.17) is 21.7 Å². The largest absolute Gasteiger partial charge is 0.490 e. The molecule has 0 fully saturated rings. The molecule has 0 heterocycles. The molecule has 0 aliphatic rings. The van der Waals surface area contributed by atoms with Crippen molar-refractivity contribution in [2.45, 2.75) is 26.9 Å². The van der Waals surface area contributed by atoms with Gasteiger partial charge in [-0.25, -0.2) is 0 Å². The fraction of sp³-hybridized carbons (Fsp3) is 0.250. The number of carbonyl (C=O) groups excluding carboxylic acids is 2. The Balaban J connectivity index is 1.85. The van der Waals surface area contributed by atoms with E-state index >= 15 is 0 Å². The Hall–Kier alpha value is -2.17. The molecule has 0 saturated heterocycles. The monoisotopic (exact) mass is 557 g/mol. The molecule has 2 aromatic carbocycles. The van der Waals surface area contributed by atoms with Crippen molar-refractivity contribution < 1.29 is 19.1 Å². The molecule has 7 nitrogen and oxygen atoms in total. The van der Waals surface area contributed by atoms with Crippen LogP contribution < -0.4 is 25.6 Å². The van der Waals surface area contributed by atoms with E-state index in [-0.39, 0.29) is 17.8 Å². The second kappa shape index (κ2) is 11.3. The summed E-state index contributed by atoms with van der Waals surface area (Å²) >= 11 is 11.8. The highest BCUT2D eigenvalue weighted by atomic mass is 79.9. The number of carbonyl (C=O) groups is 2. The zero-order chi connectivity index (χ0) is 22.3. The molecule has 0 radical (unpaired) electrons. The molecule has 10 heteroatoms. The quantitative estimate of drug-likeness (QED) is 0.366. The molecule has 0 unspecified atom stereocenters. The molecule has 0 bridgehead atoms. The van der Waals surface area contributed by atoms with E-state index in [0.29, 0.717) is 17.1 Å². The first-order valence-corrected chi connectivity index (χ1v) is 10.9. The first-order chi connectivity index (χ1) is 14.2. The minimum atomic E-state index is -0.472. The van der Waals surface area contributed by atoms with Gasteiger partial charge in [0, 0.05) is 8.95 Å². The van der Waals surface area contributed by atoms with Gasteiger partial charge in [0.15, 0.2) is 11.7 Å². The number of hydrogen-bond acceptors (Lipinski definition) is 5. The van der Waals surface area contributed by atoms with Gasteiger partial charge >= 0.3 is 0 Å². The van der Waals surface area contributed by atoms with Crippen molar-refractivity contribution in [3.8, 4) is 11.5 Å². The number of amides is 2. The molecule has 3 N–H and O–H groups in total. The van der Waals surface area contributed by atoms with Crippen LogP contribution in [-0.2, 0) is 4.79 Å². The van der Waals surface area contributed by atoms with Crippen molar-refractivity contribution in [1.29, 1.82) is 0 Å². The lowest BCUT2D eigenvalue weighted by Gasteiger charge is -2.15. The summed E-state index contributed by atoms with van der Waals surface area (Å²) in [4.78, 5) is 24.5. The maximum absolute atomic E-state index is 12.5. The Morgan fingerprint density at radius 1 is 1.10 bits per heavy atom. The molecular weight excluding hydrogens is 538 g/mol.